The molecule has 1 atom stereocenters. The van der Waals surface area contributed by atoms with Gasteiger partial charge in [0, 0.05) is 24.9 Å². The van der Waals surface area contributed by atoms with Crippen molar-refractivity contribution in [1.82, 2.24) is 15.1 Å². The Bertz CT molecular complexity index is 542. The lowest BCUT2D eigenvalue weighted by molar-refractivity contribution is -0.119. The standard InChI is InChI=1S/C14H18N4O.ClH/c1-11(10-15-2)14(19)17-12-6-3-4-7-13(12)18-9-5-8-16-18;/h3-9,11,15H,10H2,1-2H3,(H,17,19);1H. The SMILES string of the molecule is CNCC(C)C(=O)Nc1ccccc1-n1cccn1.Cl. The number of para-hydroxylation sites is 2. The molecule has 1 heterocycles. The first-order valence-electron chi connectivity index (χ1n) is 6.27. The first-order valence-corrected chi connectivity index (χ1v) is 6.27. The van der Waals surface area contributed by atoms with Gasteiger partial charge in [-0.25, -0.2) is 4.68 Å². The summed E-state index contributed by atoms with van der Waals surface area (Å²) in [4.78, 5) is 12.0. The molecule has 20 heavy (non-hydrogen) atoms. The molecule has 1 unspecified atom stereocenters. The minimum Gasteiger partial charge on any atom is -0.324 e. The maximum absolute atomic E-state index is 12.0. The van der Waals surface area contributed by atoms with Crippen LogP contribution < -0.4 is 10.6 Å². The number of rotatable bonds is 5. The number of nitrogens with one attached hydrogen (secondary N) is 2. The van der Waals surface area contributed by atoms with E-state index in [1.54, 1.807) is 10.9 Å². The molecule has 0 saturated heterocycles. The lowest BCUT2D eigenvalue weighted by Gasteiger charge is -2.14. The van der Waals surface area contributed by atoms with Gasteiger partial charge in [0.1, 0.15) is 0 Å². The van der Waals surface area contributed by atoms with E-state index in [-0.39, 0.29) is 24.2 Å². The van der Waals surface area contributed by atoms with Crippen LogP contribution in [-0.2, 0) is 4.79 Å². The average Bonchev–Trinajstić information content (AvgIpc) is 2.93. The van der Waals surface area contributed by atoms with Crippen LogP contribution in [0.3, 0.4) is 0 Å². The van der Waals surface area contributed by atoms with Crippen molar-refractivity contribution in [2.75, 3.05) is 18.9 Å². The van der Waals surface area contributed by atoms with E-state index in [4.69, 9.17) is 0 Å². The van der Waals surface area contributed by atoms with E-state index in [1.807, 2.05) is 50.5 Å². The first kappa shape index (κ1) is 16.2. The van der Waals surface area contributed by atoms with Crippen LogP contribution in [0, 0.1) is 5.92 Å². The second kappa shape index (κ2) is 7.67. The van der Waals surface area contributed by atoms with Crippen molar-refractivity contribution < 1.29 is 4.79 Å². The molecule has 0 aliphatic rings. The molecular weight excluding hydrogens is 276 g/mol. The fourth-order valence-electron chi connectivity index (χ4n) is 1.85. The van der Waals surface area contributed by atoms with Crippen LogP contribution in [0.1, 0.15) is 6.92 Å². The van der Waals surface area contributed by atoms with Gasteiger partial charge in [-0.2, -0.15) is 5.10 Å². The fourth-order valence-corrected chi connectivity index (χ4v) is 1.85. The smallest absolute Gasteiger partial charge is 0.228 e. The summed E-state index contributed by atoms with van der Waals surface area (Å²) in [5.41, 5.74) is 1.62. The fraction of sp³-hybridized carbons (Fsp3) is 0.286. The minimum absolute atomic E-state index is 0. The highest BCUT2D eigenvalue weighted by atomic mass is 35.5. The Morgan fingerprint density at radius 2 is 2.10 bits per heavy atom. The monoisotopic (exact) mass is 294 g/mol. The largest absolute Gasteiger partial charge is 0.324 e. The summed E-state index contributed by atoms with van der Waals surface area (Å²) in [5, 5.41) is 10.1. The van der Waals surface area contributed by atoms with Gasteiger partial charge in [0.05, 0.1) is 11.4 Å². The molecule has 0 radical (unpaired) electrons. The lowest BCUT2D eigenvalue weighted by atomic mass is 10.1. The van der Waals surface area contributed by atoms with Gasteiger partial charge in [-0.15, -0.1) is 12.4 Å². The second-order valence-corrected chi connectivity index (χ2v) is 4.42. The van der Waals surface area contributed by atoms with Crippen molar-refractivity contribution in [3.05, 3.63) is 42.7 Å². The predicted molar refractivity (Wildman–Crippen MR) is 82.5 cm³/mol. The summed E-state index contributed by atoms with van der Waals surface area (Å²) in [6.45, 7) is 2.54. The summed E-state index contributed by atoms with van der Waals surface area (Å²) >= 11 is 0. The molecule has 1 amide bonds. The number of hydrogen-bond donors (Lipinski definition) is 2. The van der Waals surface area contributed by atoms with Gasteiger partial charge >= 0.3 is 0 Å². The zero-order valence-electron chi connectivity index (χ0n) is 11.5. The second-order valence-electron chi connectivity index (χ2n) is 4.42. The number of carbonyl (C=O) groups is 1. The molecule has 0 aliphatic heterocycles. The Kier molecular flexibility index (Phi) is 6.21. The Balaban J connectivity index is 0.00000200. The molecule has 0 spiro atoms. The van der Waals surface area contributed by atoms with Crippen LogP contribution in [0.25, 0.3) is 5.69 Å². The molecule has 2 N–H and O–H groups in total. The Hall–Kier alpha value is -1.85. The van der Waals surface area contributed by atoms with Gasteiger partial charge in [0.25, 0.3) is 0 Å². The highest BCUT2D eigenvalue weighted by Gasteiger charge is 2.14. The number of amides is 1. The summed E-state index contributed by atoms with van der Waals surface area (Å²) in [6.07, 6.45) is 3.56. The summed E-state index contributed by atoms with van der Waals surface area (Å²) in [6, 6.07) is 9.46. The van der Waals surface area contributed by atoms with Crippen molar-refractivity contribution >= 4 is 24.0 Å². The third-order valence-electron chi connectivity index (χ3n) is 2.87. The molecule has 0 fully saturated rings. The van der Waals surface area contributed by atoms with Crippen molar-refractivity contribution in [3.63, 3.8) is 0 Å². The third-order valence-corrected chi connectivity index (χ3v) is 2.87. The zero-order valence-corrected chi connectivity index (χ0v) is 12.4. The highest BCUT2D eigenvalue weighted by Crippen LogP contribution is 2.19. The van der Waals surface area contributed by atoms with Gasteiger partial charge in [-0.1, -0.05) is 19.1 Å². The summed E-state index contributed by atoms with van der Waals surface area (Å²) in [7, 11) is 1.83. The molecule has 0 saturated carbocycles. The maximum atomic E-state index is 12.0. The maximum Gasteiger partial charge on any atom is 0.228 e. The quantitative estimate of drug-likeness (QED) is 0.888. The highest BCUT2D eigenvalue weighted by molar-refractivity contribution is 5.94. The molecule has 0 bridgehead atoms. The number of carbonyl (C=O) groups excluding carboxylic acids is 1. The number of nitrogens with zero attached hydrogens (tertiary/aromatic N) is 2. The molecule has 0 aliphatic carbocycles. The Morgan fingerprint density at radius 3 is 2.75 bits per heavy atom. The number of benzene rings is 1. The molecule has 108 valence electrons. The predicted octanol–water partition coefficient (Wildman–Crippen LogP) is 2.09. The van der Waals surface area contributed by atoms with Gasteiger partial charge in [-0.3, -0.25) is 4.79 Å². The minimum atomic E-state index is -0.0873. The van der Waals surface area contributed by atoms with Crippen LogP contribution in [0.5, 0.6) is 0 Å². The van der Waals surface area contributed by atoms with Gasteiger partial charge in [-0.05, 0) is 25.2 Å². The third kappa shape index (κ3) is 3.82. The lowest BCUT2D eigenvalue weighted by Crippen LogP contribution is -2.29. The average molecular weight is 295 g/mol. The molecule has 1 aromatic carbocycles. The van der Waals surface area contributed by atoms with Crippen LogP contribution in [0.4, 0.5) is 5.69 Å². The molecule has 5 nitrogen and oxygen atoms in total. The molecule has 1 aromatic heterocycles. The molecular formula is C14H19ClN4O. The molecule has 2 rings (SSSR count). The molecule has 6 heteroatoms. The van der Waals surface area contributed by atoms with Crippen molar-refractivity contribution in [1.29, 1.82) is 0 Å². The summed E-state index contributed by atoms with van der Waals surface area (Å²) < 4.78 is 1.73. The van der Waals surface area contributed by atoms with Gasteiger partial charge in [0.15, 0.2) is 0 Å². The Labute approximate surface area is 124 Å². The first-order chi connectivity index (χ1) is 9.22. The van der Waals surface area contributed by atoms with Crippen LogP contribution in [0.15, 0.2) is 42.7 Å². The number of halogens is 1. The van der Waals surface area contributed by atoms with Crippen molar-refractivity contribution in [2.24, 2.45) is 5.92 Å². The number of hydrogen-bond acceptors (Lipinski definition) is 3. The van der Waals surface area contributed by atoms with E-state index < -0.39 is 0 Å². The van der Waals surface area contributed by atoms with Gasteiger partial charge < -0.3 is 10.6 Å². The number of anilines is 1. The topological polar surface area (TPSA) is 59.0 Å². The van der Waals surface area contributed by atoms with E-state index in [9.17, 15) is 4.79 Å². The van der Waals surface area contributed by atoms with E-state index in [0.29, 0.717) is 6.54 Å². The molecule has 2 aromatic rings. The zero-order chi connectivity index (χ0) is 13.7. The van der Waals surface area contributed by atoms with Crippen LogP contribution >= 0.6 is 12.4 Å². The van der Waals surface area contributed by atoms with Crippen molar-refractivity contribution in [3.8, 4) is 5.69 Å². The van der Waals surface area contributed by atoms with Crippen LogP contribution in [0.2, 0.25) is 0 Å². The van der Waals surface area contributed by atoms with E-state index in [2.05, 4.69) is 15.7 Å². The van der Waals surface area contributed by atoms with Gasteiger partial charge in [0.2, 0.25) is 5.91 Å². The van der Waals surface area contributed by atoms with Crippen LogP contribution in [-0.4, -0.2) is 29.3 Å². The van der Waals surface area contributed by atoms with E-state index in [0.717, 1.165) is 11.4 Å². The van der Waals surface area contributed by atoms with Crippen molar-refractivity contribution in [2.45, 2.75) is 6.92 Å². The summed E-state index contributed by atoms with van der Waals surface area (Å²) in [5.74, 6) is -0.0929. The van der Waals surface area contributed by atoms with E-state index >= 15 is 0 Å². The normalized spacial score (nSPS) is 11.5. The van der Waals surface area contributed by atoms with E-state index in [1.165, 1.54) is 0 Å². The number of aromatic nitrogens is 2. The Morgan fingerprint density at radius 1 is 1.35 bits per heavy atom.